The fourth-order valence-electron chi connectivity index (χ4n) is 3.84. The number of amides is 1. The lowest BCUT2D eigenvalue weighted by Gasteiger charge is -2.41. The van der Waals surface area contributed by atoms with Gasteiger partial charge in [-0.15, -0.1) is 0 Å². The molecule has 2 atom stereocenters. The Kier molecular flexibility index (Phi) is 5.91. The van der Waals surface area contributed by atoms with Crippen LogP contribution in [0.15, 0.2) is 0 Å². The molecule has 24 heavy (non-hydrogen) atoms. The van der Waals surface area contributed by atoms with E-state index < -0.39 is 27.4 Å². The smallest absolute Gasteiger partial charge is 0.308 e. The Morgan fingerprint density at radius 3 is 2.38 bits per heavy atom. The first-order valence-electron chi connectivity index (χ1n) is 8.72. The molecule has 1 amide bonds. The molecule has 2 rings (SSSR count). The maximum atomic E-state index is 12.6. The molecule has 2 N–H and O–H groups in total. The molecule has 1 saturated heterocycles. The average molecular weight is 360 g/mol. The van der Waals surface area contributed by atoms with Gasteiger partial charge in [-0.1, -0.05) is 12.8 Å². The predicted octanol–water partition coefficient (Wildman–Crippen LogP) is 1.20. The summed E-state index contributed by atoms with van der Waals surface area (Å²) in [7, 11) is -3.21. The standard InChI is InChI=1S/C16H28N2O5S/c1-3-24(22,23)18-10-7-12(8-11-18)14(19)17-16(2)9-5-4-6-13(16)15(20)21/h12-13H,3-11H2,1-2H3,(H,17,19)(H,20,21). The molecule has 1 saturated carbocycles. The largest absolute Gasteiger partial charge is 0.481 e. The van der Waals surface area contributed by atoms with Crippen LogP contribution >= 0.6 is 0 Å². The van der Waals surface area contributed by atoms with E-state index in [-0.39, 0.29) is 17.6 Å². The van der Waals surface area contributed by atoms with Gasteiger partial charge >= 0.3 is 5.97 Å². The van der Waals surface area contributed by atoms with E-state index in [9.17, 15) is 23.1 Å². The van der Waals surface area contributed by atoms with Crippen molar-refractivity contribution in [1.29, 1.82) is 0 Å². The van der Waals surface area contributed by atoms with Gasteiger partial charge < -0.3 is 10.4 Å². The maximum absolute atomic E-state index is 12.6. The Morgan fingerprint density at radius 1 is 1.21 bits per heavy atom. The quantitative estimate of drug-likeness (QED) is 0.767. The molecule has 0 aromatic carbocycles. The van der Waals surface area contributed by atoms with Gasteiger partial charge in [0.25, 0.3) is 0 Å². The number of rotatable bonds is 5. The van der Waals surface area contributed by atoms with Gasteiger partial charge in [0, 0.05) is 19.0 Å². The Hall–Kier alpha value is -1.15. The first kappa shape index (κ1) is 19.2. The second kappa shape index (κ2) is 7.39. The van der Waals surface area contributed by atoms with Crippen molar-refractivity contribution in [2.75, 3.05) is 18.8 Å². The van der Waals surface area contributed by atoms with Crippen molar-refractivity contribution >= 4 is 21.9 Å². The van der Waals surface area contributed by atoms with Gasteiger partial charge in [-0.3, -0.25) is 9.59 Å². The van der Waals surface area contributed by atoms with Crippen LogP contribution in [0.1, 0.15) is 52.4 Å². The molecule has 1 aliphatic carbocycles. The lowest BCUT2D eigenvalue weighted by Crippen LogP contribution is -2.57. The number of sulfonamides is 1. The van der Waals surface area contributed by atoms with Gasteiger partial charge in [0.2, 0.25) is 15.9 Å². The van der Waals surface area contributed by atoms with Crippen molar-refractivity contribution in [2.24, 2.45) is 11.8 Å². The van der Waals surface area contributed by atoms with Crippen molar-refractivity contribution in [3.63, 3.8) is 0 Å². The Bertz CT molecular complexity index is 583. The minimum atomic E-state index is -3.21. The summed E-state index contributed by atoms with van der Waals surface area (Å²) in [5.74, 6) is -1.74. The number of aliphatic carboxylic acids is 1. The first-order valence-corrected chi connectivity index (χ1v) is 10.3. The van der Waals surface area contributed by atoms with Gasteiger partial charge in [0.1, 0.15) is 0 Å². The third-order valence-corrected chi connectivity index (χ3v) is 7.38. The molecule has 0 bridgehead atoms. The molecular weight excluding hydrogens is 332 g/mol. The van der Waals surface area contributed by atoms with Crippen LogP contribution in [0.25, 0.3) is 0 Å². The number of carboxylic acids is 1. The van der Waals surface area contributed by atoms with E-state index in [1.54, 1.807) is 6.92 Å². The zero-order valence-corrected chi connectivity index (χ0v) is 15.3. The van der Waals surface area contributed by atoms with Gasteiger partial charge in [0.15, 0.2) is 0 Å². The molecule has 7 nitrogen and oxygen atoms in total. The Labute approximate surface area is 143 Å². The number of piperidine rings is 1. The molecule has 0 aromatic rings. The molecule has 0 radical (unpaired) electrons. The number of carbonyl (C=O) groups excluding carboxylic acids is 1. The monoisotopic (exact) mass is 360 g/mol. The van der Waals surface area contributed by atoms with Crippen LogP contribution in [0.5, 0.6) is 0 Å². The summed E-state index contributed by atoms with van der Waals surface area (Å²) in [5, 5.41) is 12.4. The van der Waals surface area contributed by atoms with E-state index in [1.165, 1.54) is 4.31 Å². The van der Waals surface area contributed by atoms with Gasteiger partial charge in [-0.25, -0.2) is 12.7 Å². The molecule has 2 unspecified atom stereocenters. The van der Waals surface area contributed by atoms with Crippen LogP contribution in [-0.4, -0.2) is 54.1 Å². The summed E-state index contributed by atoms with van der Waals surface area (Å²) in [6.45, 7) is 4.14. The van der Waals surface area contributed by atoms with Crippen LogP contribution in [0.2, 0.25) is 0 Å². The van der Waals surface area contributed by atoms with Crippen molar-refractivity contribution in [3.8, 4) is 0 Å². The van der Waals surface area contributed by atoms with Crippen molar-refractivity contribution in [2.45, 2.75) is 57.9 Å². The van der Waals surface area contributed by atoms with Crippen LogP contribution in [0.4, 0.5) is 0 Å². The number of carbonyl (C=O) groups is 2. The number of carboxylic acid groups (broad SMARTS) is 1. The average Bonchev–Trinajstić information content (AvgIpc) is 2.54. The molecule has 2 aliphatic rings. The van der Waals surface area contributed by atoms with E-state index in [1.807, 2.05) is 6.92 Å². The van der Waals surface area contributed by atoms with Crippen LogP contribution < -0.4 is 5.32 Å². The van der Waals surface area contributed by atoms with Crippen LogP contribution in [-0.2, 0) is 19.6 Å². The highest BCUT2D eigenvalue weighted by atomic mass is 32.2. The lowest BCUT2D eigenvalue weighted by atomic mass is 9.73. The minimum Gasteiger partial charge on any atom is -0.481 e. The number of hydrogen-bond acceptors (Lipinski definition) is 4. The molecule has 0 aromatic heterocycles. The van der Waals surface area contributed by atoms with E-state index in [0.29, 0.717) is 38.8 Å². The summed E-state index contributed by atoms with van der Waals surface area (Å²) < 4.78 is 25.2. The van der Waals surface area contributed by atoms with Crippen molar-refractivity contribution in [1.82, 2.24) is 9.62 Å². The number of hydrogen-bond donors (Lipinski definition) is 2. The highest BCUT2D eigenvalue weighted by Gasteiger charge is 2.43. The lowest BCUT2D eigenvalue weighted by molar-refractivity contribution is -0.147. The fraction of sp³-hybridized carbons (Fsp3) is 0.875. The topological polar surface area (TPSA) is 104 Å². The first-order chi connectivity index (χ1) is 11.2. The Balaban J connectivity index is 1.97. The molecule has 8 heteroatoms. The highest BCUT2D eigenvalue weighted by molar-refractivity contribution is 7.89. The molecule has 0 spiro atoms. The van der Waals surface area contributed by atoms with E-state index >= 15 is 0 Å². The number of nitrogens with zero attached hydrogens (tertiary/aromatic N) is 1. The third-order valence-electron chi connectivity index (χ3n) is 5.50. The molecular formula is C16H28N2O5S. The number of nitrogens with one attached hydrogen (secondary N) is 1. The second-order valence-corrected chi connectivity index (χ2v) is 9.37. The van der Waals surface area contributed by atoms with Gasteiger partial charge in [-0.2, -0.15) is 0 Å². The normalized spacial score (nSPS) is 30.0. The van der Waals surface area contributed by atoms with E-state index in [4.69, 9.17) is 0 Å². The van der Waals surface area contributed by atoms with Crippen LogP contribution in [0, 0.1) is 11.8 Å². The van der Waals surface area contributed by atoms with Crippen molar-refractivity contribution < 1.29 is 23.1 Å². The predicted molar refractivity (Wildman–Crippen MR) is 89.9 cm³/mol. The SMILES string of the molecule is CCS(=O)(=O)N1CCC(C(=O)NC2(C)CCCCC2C(=O)O)CC1. The third kappa shape index (κ3) is 4.08. The summed E-state index contributed by atoms with van der Waals surface area (Å²) >= 11 is 0. The fourth-order valence-corrected chi connectivity index (χ4v) is 4.97. The maximum Gasteiger partial charge on any atom is 0.308 e. The van der Waals surface area contributed by atoms with Crippen LogP contribution in [0.3, 0.4) is 0 Å². The summed E-state index contributed by atoms with van der Waals surface area (Å²) in [6, 6.07) is 0. The molecule has 1 aliphatic heterocycles. The summed E-state index contributed by atoms with van der Waals surface area (Å²) in [5.41, 5.74) is -0.714. The van der Waals surface area contributed by atoms with Gasteiger partial charge in [0.05, 0.1) is 17.2 Å². The minimum absolute atomic E-state index is 0.0717. The molecule has 1 heterocycles. The molecule has 138 valence electrons. The zero-order valence-electron chi connectivity index (χ0n) is 14.5. The molecule has 2 fully saturated rings. The zero-order chi connectivity index (χ0) is 18.0. The summed E-state index contributed by atoms with van der Waals surface area (Å²) in [6.07, 6.45) is 4.00. The summed E-state index contributed by atoms with van der Waals surface area (Å²) in [4.78, 5) is 24.1. The highest BCUT2D eigenvalue weighted by Crippen LogP contribution is 2.34. The van der Waals surface area contributed by atoms with Gasteiger partial charge in [-0.05, 0) is 39.5 Å². The van der Waals surface area contributed by atoms with E-state index in [0.717, 1.165) is 12.8 Å². The van der Waals surface area contributed by atoms with E-state index in [2.05, 4.69) is 5.32 Å². The van der Waals surface area contributed by atoms with Crippen molar-refractivity contribution in [3.05, 3.63) is 0 Å². The second-order valence-electron chi connectivity index (χ2n) is 7.12. The Morgan fingerprint density at radius 2 is 1.83 bits per heavy atom.